The molecule has 0 bridgehead atoms. The highest BCUT2D eigenvalue weighted by molar-refractivity contribution is 5.93. The number of carbonyl (C=O) groups excluding carboxylic acids is 2. The Bertz CT molecular complexity index is 533. The van der Waals surface area contributed by atoms with Gasteiger partial charge in [0.25, 0.3) is 0 Å². The summed E-state index contributed by atoms with van der Waals surface area (Å²) in [6, 6.07) is 3.88. The molecule has 21 heavy (non-hydrogen) atoms. The third-order valence-corrected chi connectivity index (χ3v) is 2.91. The van der Waals surface area contributed by atoms with Crippen molar-refractivity contribution in [3.05, 3.63) is 23.8 Å². The van der Waals surface area contributed by atoms with Gasteiger partial charge < -0.3 is 19.5 Å². The number of hydrogen-bond acceptors (Lipinski definition) is 5. The molecule has 0 aromatic heterocycles. The van der Waals surface area contributed by atoms with Crippen LogP contribution in [-0.2, 0) is 4.74 Å². The lowest BCUT2D eigenvalue weighted by atomic mass is 10.1. The summed E-state index contributed by atoms with van der Waals surface area (Å²) in [5.74, 6) is -0.782. The second kappa shape index (κ2) is 6.47. The van der Waals surface area contributed by atoms with Gasteiger partial charge in [-0.15, -0.1) is 0 Å². The minimum Gasteiger partial charge on any atom is -0.508 e. The summed E-state index contributed by atoms with van der Waals surface area (Å²) in [6.07, 6.45) is -0.597. The van der Waals surface area contributed by atoms with Crippen molar-refractivity contribution < 1.29 is 24.2 Å². The van der Waals surface area contributed by atoms with E-state index in [1.807, 2.05) is 27.7 Å². The molecular weight excluding hydrogens is 274 g/mol. The van der Waals surface area contributed by atoms with Gasteiger partial charge in [0.1, 0.15) is 11.3 Å². The predicted molar refractivity (Wildman–Crippen MR) is 77.6 cm³/mol. The van der Waals surface area contributed by atoms with Crippen LogP contribution in [0.5, 0.6) is 11.5 Å². The van der Waals surface area contributed by atoms with Crippen molar-refractivity contribution in [3.63, 3.8) is 0 Å². The molecule has 6 nitrogen and oxygen atoms in total. The third-order valence-electron chi connectivity index (χ3n) is 2.91. The number of phenolic OH excluding ortho intramolecular Hbond substituents is 1. The molecule has 116 valence electrons. The van der Waals surface area contributed by atoms with Gasteiger partial charge in [-0.1, -0.05) is 0 Å². The van der Waals surface area contributed by atoms with Crippen LogP contribution >= 0.6 is 0 Å². The van der Waals surface area contributed by atoms with Crippen LogP contribution in [0, 0.1) is 0 Å². The number of nitrogens with zero attached hydrogens (tertiary/aromatic N) is 1. The molecule has 1 rings (SSSR count). The number of phenols is 1. The summed E-state index contributed by atoms with van der Waals surface area (Å²) in [4.78, 5) is 25.4. The van der Waals surface area contributed by atoms with E-state index < -0.39 is 17.6 Å². The standard InChI is InChI=1S/C15H21NO5/c1-6-16(15(2,3)4)14(19)21-12-9-10(17)7-8-11(12)13(18)20-5/h7-9,17H,6H2,1-5H3. The first-order chi connectivity index (χ1) is 9.70. The van der Waals surface area contributed by atoms with Gasteiger partial charge in [-0.3, -0.25) is 0 Å². The van der Waals surface area contributed by atoms with Crippen molar-refractivity contribution in [2.75, 3.05) is 13.7 Å². The lowest BCUT2D eigenvalue weighted by Crippen LogP contribution is -2.46. The van der Waals surface area contributed by atoms with E-state index in [9.17, 15) is 14.7 Å². The maximum atomic E-state index is 12.2. The van der Waals surface area contributed by atoms with Crippen molar-refractivity contribution in [1.82, 2.24) is 4.90 Å². The molecule has 0 spiro atoms. The second-order valence-corrected chi connectivity index (χ2v) is 5.46. The molecule has 0 fully saturated rings. The third kappa shape index (κ3) is 4.11. The van der Waals surface area contributed by atoms with Gasteiger partial charge in [0.15, 0.2) is 5.75 Å². The zero-order valence-electron chi connectivity index (χ0n) is 13.0. The first kappa shape index (κ1) is 16.8. The van der Waals surface area contributed by atoms with Crippen LogP contribution in [0.1, 0.15) is 38.1 Å². The van der Waals surface area contributed by atoms with E-state index in [4.69, 9.17) is 4.74 Å². The van der Waals surface area contributed by atoms with Crippen LogP contribution in [0.3, 0.4) is 0 Å². The molecular formula is C15H21NO5. The van der Waals surface area contributed by atoms with Crippen molar-refractivity contribution in [2.45, 2.75) is 33.2 Å². The van der Waals surface area contributed by atoms with Crippen molar-refractivity contribution >= 4 is 12.1 Å². The van der Waals surface area contributed by atoms with Crippen LogP contribution in [0.15, 0.2) is 18.2 Å². The van der Waals surface area contributed by atoms with Gasteiger partial charge in [-0.2, -0.15) is 0 Å². The largest absolute Gasteiger partial charge is 0.508 e. The molecule has 0 atom stereocenters. The summed E-state index contributed by atoms with van der Waals surface area (Å²) >= 11 is 0. The van der Waals surface area contributed by atoms with Gasteiger partial charge in [-0.25, -0.2) is 9.59 Å². The zero-order valence-corrected chi connectivity index (χ0v) is 13.0. The SMILES string of the molecule is CCN(C(=O)Oc1cc(O)ccc1C(=O)OC)C(C)(C)C. The summed E-state index contributed by atoms with van der Waals surface area (Å²) in [5, 5.41) is 9.50. The number of benzene rings is 1. The van der Waals surface area contributed by atoms with Crippen molar-refractivity contribution in [1.29, 1.82) is 0 Å². The van der Waals surface area contributed by atoms with Crippen LogP contribution in [0.2, 0.25) is 0 Å². The fourth-order valence-electron chi connectivity index (χ4n) is 1.90. The first-order valence-electron chi connectivity index (χ1n) is 6.61. The maximum absolute atomic E-state index is 12.2. The number of esters is 1. The molecule has 0 saturated carbocycles. The van der Waals surface area contributed by atoms with E-state index in [0.29, 0.717) is 6.54 Å². The fourth-order valence-corrected chi connectivity index (χ4v) is 1.90. The minimum atomic E-state index is -0.642. The Morgan fingerprint density at radius 2 is 1.90 bits per heavy atom. The predicted octanol–water partition coefficient (Wildman–Crippen LogP) is 2.80. The molecule has 0 heterocycles. The molecule has 0 aliphatic heterocycles. The van der Waals surface area contributed by atoms with Crippen LogP contribution < -0.4 is 4.74 Å². The number of carbonyl (C=O) groups is 2. The molecule has 0 radical (unpaired) electrons. The number of rotatable bonds is 3. The van der Waals surface area contributed by atoms with Crippen molar-refractivity contribution in [3.8, 4) is 11.5 Å². The number of amides is 1. The molecule has 0 aliphatic carbocycles. The van der Waals surface area contributed by atoms with Crippen LogP contribution in [0.25, 0.3) is 0 Å². The van der Waals surface area contributed by atoms with Crippen molar-refractivity contribution in [2.24, 2.45) is 0 Å². The lowest BCUT2D eigenvalue weighted by Gasteiger charge is -2.33. The molecule has 1 N–H and O–H groups in total. The van der Waals surface area contributed by atoms with E-state index in [1.165, 1.54) is 30.2 Å². The average molecular weight is 295 g/mol. The molecule has 1 amide bonds. The maximum Gasteiger partial charge on any atom is 0.415 e. The van der Waals surface area contributed by atoms with E-state index in [-0.39, 0.29) is 17.1 Å². The Morgan fingerprint density at radius 1 is 1.29 bits per heavy atom. The normalized spacial score (nSPS) is 10.9. The number of hydrogen-bond donors (Lipinski definition) is 1. The molecule has 6 heteroatoms. The molecule has 0 saturated heterocycles. The van der Waals surface area contributed by atoms with Gasteiger partial charge in [0.2, 0.25) is 0 Å². The number of ether oxygens (including phenoxy) is 2. The van der Waals surface area contributed by atoms with Gasteiger partial charge >= 0.3 is 12.1 Å². The van der Waals surface area contributed by atoms with E-state index in [0.717, 1.165) is 0 Å². The van der Waals surface area contributed by atoms with Crippen LogP contribution in [-0.4, -0.2) is 41.3 Å². The Morgan fingerprint density at radius 3 is 2.38 bits per heavy atom. The topological polar surface area (TPSA) is 76.1 Å². The Labute approximate surface area is 124 Å². The van der Waals surface area contributed by atoms with Crippen LogP contribution in [0.4, 0.5) is 4.79 Å². The van der Waals surface area contributed by atoms with E-state index in [2.05, 4.69) is 4.74 Å². The minimum absolute atomic E-state index is 0.0328. The number of methoxy groups -OCH3 is 1. The van der Waals surface area contributed by atoms with Gasteiger partial charge in [0, 0.05) is 18.2 Å². The highest BCUT2D eigenvalue weighted by atomic mass is 16.6. The number of aromatic hydroxyl groups is 1. The van der Waals surface area contributed by atoms with E-state index >= 15 is 0 Å². The highest BCUT2D eigenvalue weighted by Gasteiger charge is 2.28. The zero-order chi connectivity index (χ0) is 16.2. The second-order valence-electron chi connectivity index (χ2n) is 5.46. The Hall–Kier alpha value is -2.24. The Kier molecular flexibility index (Phi) is 5.18. The van der Waals surface area contributed by atoms with Gasteiger partial charge in [0.05, 0.1) is 7.11 Å². The lowest BCUT2D eigenvalue weighted by molar-refractivity contribution is 0.0596. The molecule has 0 aliphatic rings. The fraction of sp³-hybridized carbons (Fsp3) is 0.467. The highest BCUT2D eigenvalue weighted by Crippen LogP contribution is 2.26. The first-order valence-corrected chi connectivity index (χ1v) is 6.61. The average Bonchev–Trinajstić information content (AvgIpc) is 2.37. The summed E-state index contributed by atoms with van der Waals surface area (Å²) < 4.78 is 9.88. The quantitative estimate of drug-likeness (QED) is 0.868. The Balaban J connectivity index is 3.09. The summed E-state index contributed by atoms with van der Waals surface area (Å²) in [5.41, 5.74) is -0.345. The molecule has 1 aromatic rings. The van der Waals surface area contributed by atoms with Gasteiger partial charge in [-0.05, 0) is 39.8 Å². The van der Waals surface area contributed by atoms with E-state index in [1.54, 1.807) is 0 Å². The smallest absolute Gasteiger partial charge is 0.415 e. The summed E-state index contributed by atoms with van der Waals surface area (Å²) in [6.45, 7) is 7.91. The molecule has 1 aromatic carbocycles. The monoisotopic (exact) mass is 295 g/mol. The molecule has 0 unspecified atom stereocenters. The summed E-state index contributed by atoms with van der Waals surface area (Å²) in [7, 11) is 1.23.